The molecule has 0 bridgehead atoms. The Morgan fingerprint density at radius 3 is 2.37 bits per heavy atom. The van der Waals surface area contributed by atoms with Crippen LogP contribution in [0.3, 0.4) is 0 Å². The maximum Gasteiger partial charge on any atom is 0.306 e. The second-order valence-electron chi connectivity index (χ2n) is 4.69. The molecule has 1 aromatic carbocycles. The Labute approximate surface area is 112 Å². The number of aryl methyl sites for hydroxylation is 1. The smallest absolute Gasteiger partial charge is 0.306 e. The second-order valence-corrected chi connectivity index (χ2v) is 4.69. The normalized spacial score (nSPS) is 21.6. The number of methoxy groups -OCH3 is 2. The average Bonchev–Trinajstić information content (AvgIpc) is 2.33. The zero-order chi connectivity index (χ0) is 14.0. The van der Waals surface area contributed by atoms with Gasteiger partial charge in [0.2, 0.25) is 0 Å². The van der Waals surface area contributed by atoms with Gasteiger partial charge in [0.15, 0.2) is 11.5 Å². The highest BCUT2D eigenvalue weighted by molar-refractivity contribution is 5.69. The molecular formula is C14H18O5. The molecule has 0 spiro atoms. The molecule has 1 aromatic rings. The van der Waals surface area contributed by atoms with Gasteiger partial charge >= 0.3 is 5.97 Å². The third-order valence-corrected chi connectivity index (χ3v) is 3.54. The van der Waals surface area contributed by atoms with E-state index in [9.17, 15) is 4.79 Å². The summed E-state index contributed by atoms with van der Waals surface area (Å²) in [7, 11) is 3.13. The zero-order valence-corrected chi connectivity index (χ0v) is 11.4. The van der Waals surface area contributed by atoms with Crippen LogP contribution in [0.1, 0.15) is 24.0 Å². The molecular weight excluding hydrogens is 248 g/mol. The van der Waals surface area contributed by atoms with Crippen molar-refractivity contribution < 1.29 is 24.1 Å². The Balaban J connectivity index is 2.46. The molecule has 1 atom stereocenters. The summed E-state index contributed by atoms with van der Waals surface area (Å²) < 4.78 is 16.1. The Morgan fingerprint density at radius 1 is 1.37 bits per heavy atom. The highest BCUT2D eigenvalue weighted by atomic mass is 16.5. The fourth-order valence-electron chi connectivity index (χ4n) is 2.51. The fraction of sp³-hybridized carbons (Fsp3) is 0.500. The number of aliphatic carboxylic acids is 1. The minimum Gasteiger partial charge on any atom is -0.493 e. The molecule has 0 saturated carbocycles. The number of benzene rings is 1. The summed E-state index contributed by atoms with van der Waals surface area (Å²) in [4.78, 5) is 11.0. The van der Waals surface area contributed by atoms with Crippen molar-refractivity contribution in [1.82, 2.24) is 0 Å². The first kappa shape index (κ1) is 13.7. The minimum atomic E-state index is -0.867. The minimum absolute atomic E-state index is 0.0384. The van der Waals surface area contributed by atoms with Gasteiger partial charge in [0.1, 0.15) is 5.60 Å². The molecule has 1 saturated heterocycles. The first-order chi connectivity index (χ1) is 9.02. The van der Waals surface area contributed by atoms with Gasteiger partial charge < -0.3 is 19.3 Å². The van der Waals surface area contributed by atoms with Gasteiger partial charge in [0.25, 0.3) is 0 Å². The van der Waals surface area contributed by atoms with Crippen molar-refractivity contribution in [3.05, 3.63) is 23.3 Å². The quantitative estimate of drug-likeness (QED) is 0.884. The van der Waals surface area contributed by atoms with E-state index in [0.717, 1.165) is 11.1 Å². The molecule has 1 aliphatic rings. The van der Waals surface area contributed by atoms with Crippen LogP contribution in [0.15, 0.2) is 12.1 Å². The third-order valence-electron chi connectivity index (χ3n) is 3.54. The number of carboxylic acids is 1. The lowest BCUT2D eigenvalue weighted by molar-refractivity contribution is -0.176. The van der Waals surface area contributed by atoms with Crippen LogP contribution in [0.4, 0.5) is 0 Å². The molecule has 1 aliphatic heterocycles. The molecule has 2 rings (SSSR count). The Bertz CT molecular complexity index is 491. The number of carbonyl (C=O) groups is 1. The average molecular weight is 266 g/mol. The number of ether oxygens (including phenoxy) is 3. The molecule has 0 amide bonds. The number of hydrogen-bond acceptors (Lipinski definition) is 4. The third kappa shape index (κ3) is 2.38. The van der Waals surface area contributed by atoms with Crippen LogP contribution in [0.2, 0.25) is 0 Å². The maximum absolute atomic E-state index is 11.0. The summed E-state index contributed by atoms with van der Waals surface area (Å²) in [5, 5.41) is 9.06. The van der Waals surface area contributed by atoms with E-state index >= 15 is 0 Å². The van der Waals surface area contributed by atoms with Crippen molar-refractivity contribution in [2.45, 2.75) is 25.4 Å². The van der Waals surface area contributed by atoms with Crippen LogP contribution < -0.4 is 9.47 Å². The summed E-state index contributed by atoms with van der Waals surface area (Å²) in [6.07, 6.45) is 0.666. The van der Waals surface area contributed by atoms with Gasteiger partial charge in [0.05, 0.1) is 27.2 Å². The van der Waals surface area contributed by atoms with Crippen molar-refractivity contribution in [2.75, 3.05) is 20.8 Å². The van der Waals surface area contributed by atoms with Gasteiger partial charge in [-0.05, 0) is 30.2 Å². The van der Waals surface area contributed by atoms with E-state index in [4.69, 9.17) is 19.3 Å². The lowest BCUT2D eigenvalue weighted by Gasteiger charge is -2.42. The molecule has 0 aromatic heterocycles. The van der Waals surface area contributed by atoms with Gasteiger partial charge in [-0.15, -0.1) is 0 Å². The van der Waals surface area contributed by atoms with E-state index in [-0.39, 0.29) is 6.42 Å². The summed E-state index contributed by atoms with van der Waals surface area (Å²) in [5.41, 5.74) is 1.08. The van der Waals surface area contributed by atoms with Gasteiger partial charge in [-0.25, -0.2) is 0 Å². The number of rotatable bonds is 5. The summed E-state index contributed by atoms with van der Waals surface area (Å²) >= 11 is 0. The number of hydrogen-bond donors (Lipinski definition) is 1. The Morgan fingerprint density at radius 2 is 1.95 bits per heavy atom. The molecule has 5 heteroatoms. The summed E-state index contributed by atoms with van der Waals surface area (Å²) in [6, 6.07) is 3.66. The number of carboxylic acid groups (broad SMARTS) is 1. The Kier molecular flexibility index (Phi) is 3.66. The molecule has 1 heterocycles. The van der Waals surface area contributed by atoms with Gasteiger partial charge in [0, 0.05) is 6.42 Å². The van der Waals surface area contributed by atoms with Gasteiger partial charge in [-0.1, -0.05) is 0 Å². The summed E-state index contributed by atoms with van der Waals surface area (Å²) in [5.74, 6) is 0.353. The van der Waals surface area contributed by atoms with Crippen molar-refractivity contribution in [3.8, 4) is 11.5 Å². The molecule has 0 aliphatic carbocycles. The lowest BCUT2D eigenvalue weighted by Crippen LogP contribution is -2.43. The second kappa shape index (κ2) is 5.09. The Hall–Kier alpha value is -1.75. The van der Waals surface area contributed by atoms with Crippen molar-refractivity contribution in [2.24, 2.45) is 0 Å². The van der Waals surface area contributed by atoms with Crippen LogP contribution >= 0.6 is 0 Å². The first-order valence-electron chi connectivity index (χ1n) is 6.11. The van der Waals surface area contributed by atoms with Crippen LogP contribution in [0.25, 0.3) is 0 Å². The molecule has 104 valence electrons. The van der Waals surface area contributed by atoms with Crippen molar-refractivity contribution >= 4 is 5.97 Å². The van der Waals surface area contributed by atoms with Crippen LogP contribution in [-0.4, -0.2) is 31.9 Å². The van der Waals surface area contributed by atoms with Crippen molar-refractivity contribution in [1.29, 1.82) is 0 Å². The molecule has 19 heavy (non-hydrogen) atoms. The van der Waals surface area contributed by atoms with Crippen molar-refractivity contribution in [3.63, 3.8) is 0 Å². The van der Waals surface area contributed by atoms with E-state index in [1.807, 2.05) is 19.1 Å². The largest absolute Gasteiger partial charge is 0.493 e. The van der Waals surface area contributed by atoms with Gasteiger partial charge in [-0.3, -0.25) is 4.79 Å². The first-order valence-corrected chi connectivity index (χ1v) is 6.11. The highest BCUT2D eigenvalue weighted by Crippen LogP contribution is 2.45. The van der Waals surface area contributed by atoms with Crippen LogP contribution in [-0.2, 0) is 15.1 Å². The molecule has 1 N–H and O–H groups in total. The van der Waals surface area contributed by atoms with Gasteiger partial charge in [-0.2, -0.15) is 0 Å². The topological polar surface area (TPSA) is 65.0 Å². The van der Waals surface area contributed by atoms with E-state index in [2.05, 4.69) is 0 Å². The zero-order valence-electron chi connectivity index (χ0n) is 11.4. The monoisotopic (exact) mass is 266 g/mol. The van der Waals surface area contributed by atoms with E-state index in [1.165, 1.54) is 0 Å². The van der Waals surface area contributed by atoms with E-state index in [1.54, 1.807) is 14.2 Å². The van der Waals surface area contributed by atoms with Crippen LogP contribution in [0, 0.1) is 6.92 Å². The predicted molar refractivity (Wildman–Crippen MR) is 68.8 cm³/mol. The highest BCUT2D eigenvalue weighted by Gasteiger charge is 2.43. The molecule has 5 nitrogen and oxygen atoms in total. The standard InChI is InChI=1S/C14H18O5/c1-9-6-11(17-2)12(18-3)7-10(9)14(4-5-19-14)8-13(15)16/h6-7H,4-5,8H2,1-3H3,(H,15,16). The van der Waals surface area contributed by atoms with E-state index in [0.29, 0.717) is 24.5 Å². The fourth-order valence-corrected chi connectivity index (χ4v) is 2.51. The van der Waals surface area contributed by atoms with Crippen LogP contribution in [0.5, 0.6) is 11.5 Å². The molecule has 1 unspecified atom stereocenters. The SMILES string of the molecule is COc1cc(C)c(C2(CC(=O)O)CCO2)cc1OC. The predicted octanol–water partition coefficient (Wildman–Crippen LogP) is 2.10. The maximum atomic E-state index is 11.0. The summed E-state index contributed by atoms with van der Waals surface area (Å²) in [6.45, 7) is 2.50. The molecule has 1 fully saturated rings. The van der Waals surface area contributed by atoms with E-state index < -0.39 is 11.6 Å². The lowest BCUT2D eigenvalue weighted by atomic mass is 9.81. The molecule has 0 radical (unpaired) electrons.